The van der Waals surface area contributed by atoms with Crippen LogP contribution in [0.2, 0.25) is 0 Å². The highest BCUT2D eigenvalue weighted by Crippen LogP contribution is 2.08. The highest BCUT2D eigenvalue weighted by molar-refractivity contribution is 5.94. The summed E-state index contributed by atoms with van der Waals surface area (Å²) in [5, 5.41) is 0. The van der Waals surface area contributed by atoms with Crippen molar-refractivity contribution in [2.75, 3.05) is 39.9 Å². The van der Waals surface area contributed by atoms with Gasteiger partial charge in [-0.3, -0.25) is 9.59 Å². The van der Waals surface area contributed by atoms with Crippen LogP contribution in [0.25, 0.3) is 0 Å². The van der Waals surface area contributed by atoms with Crippen LogP contribution in [-0.2, 0) is 9.53 Å². The number of furan rings is 1. The van der Waals surface area contributed by atoms with Gasteiger partial charge in [0.25, 0.3) is 5.91 Å². The normalized spacial score (nSPS) is 10.6. The number of amides is 2. The van der Waals surface area contributed by atoms with Gasteiger partial charge in [0.2, 0.25) is 5.91 Å². The number of ether oxygens (including phenoxy) is 1. The molecule has 130 valence electrons. The van der Waals surface area contributed by atoms with Crippen molar-refractivity contribution in [1.29, 1.82) is 0 Å². The van der Waals surface area contributed by atoms with Crippen molar-refractivity contribution in [3.63, 3.8) is 0 Å². The quantitative estimate of drug-likeness (QED) is 0.627. The first kappa shape index (κ1) is 19.2. The molecule has 2 amide bonds. The summed E-state index contributed by atoms with van der Waals surface area (Å²) < 4.78 is 10.0. The van der Waals surface area contributed by atoms with E-state index in [-0.39, 0.29) is 11.8 Å². The van der Waals surface area contributed by atoms with Crippen LogP contribution in [0, 0.1) is 0 Å². The summed E-state index contributed by atoms with van der Waals surface area (Å²) in [6.07, 6.45) is 5.09. The van der Waals surface area contributed by atoms with Gasteiger partial charge in [-0.1, -0.05) is 13.8 Å². The lowest BCUT2D eigenvalue weighted by Crippen LogP contribution is -2.39. The van der Waals surface area contributed by atoms with E-state index in [1.807, 2.05) is 4.90 Å². The second kappa shape index (κ2) is 10.8. The number of methoxy groups -OCH3 is 1. The van der Waals surface area contributed by atoms with Crippen LogP contribution in [0.1, 0.15) is 43.5 Å². The fraction of sp³-hybridized carbons (Fsp3) is 0.647. The van der Waals surface area contributed by atoms with E-state index in [0.717, 1.165) is 25.9 Å². The van der Waals surface area contributed by atoms with E-state index in [1.165, 1.54) is 12.5 Å². The monoisotopic (exact) mass is 324 g/mol. The maximum Gasteiger partial charge on any atom is 0.257 e. The molecule has 6 nitrogen and oxygen atoms in total. The molecule has 1 heterocycles. The molecule has 1 rings (SSSR count). The first-order valence-electron chi connectivity index (χ1n) is 8.22. The molecular weight excluding hydrogens is 296 g/mol. The van der Waals surface area contributed by atoms with Gasteiger partial charge in [-0.2, -0.15) is 0 Å². The molecule has 0 saturated carbocycles. The van der Waals surface area contributed by atoms with Gasteiger partial charge in [0, 0.05) is 39.7 Å². The second-order valence-corrected chi connectivity index (χ2v) is 5.43. The third kappa shape index (κ3) is 6.44. The Morgan fingerprint density at radius 2 is 1.78 bits per heavy atom. The average Bonchev–Trinajstić information content (AvgIpc) is 3.08. The van der Waals surface area contributed by atoms with Crippen molar-refractivity contribution >= 4 is 11.8 Å². The fourth-order valence-electron chi connectivity index (χ4n) is 2.37. The Bertz CT molecular complexity index is 453. The Hall–Kier alpha value is -1.82. The van der Waals surface area contributed by atoms with E-state index in [4.69, 9.17) is 9.15 Å². The van der Waals surface area contributed by atoms with E-state index in [2.05, 4.69) is 13.8 Å². The lowest BCUT2D eigenvalue weighted by Gasteiger charge is -2.25. The van der Waals surface area contributed by atoms with Crippen LogP contribution in [0.4, 0.5) is 0 Å². The van der Waals surface area contributed by atoms with Gasteiger partial charge in [-0.25, -0.2) is 0 Å². The zero-order chi connectivity index (χ0) is 17.1. The van der Waals surface area contributed by atoms with Crippen LogP contribution in [0.5, 0.6) is 0 Å². The zero-order valence-corrected chi connectivity index (χ0v) is 14.4. The molecule has 0 aliphatic rings. The number of rotatable bonds is 11. The molecule has 0 aliphatic heterocycles. The predicted octanol–water partition coefficient (Wildman–Crippen LogP) is 2.41. The molecular formula is C17H28N2O4. The Morgan fingerprint density at radius 3 is 2.30 bits per heavy atom. The van der Waals surface area contributed by atoms with Gasteiger partial charge in [0.05, 0.1) is 18.4 Å². The molecule has 1 aromatic rings. The largest absolute Gasteiger partial charge is 0.472 e. The smallest absolute Gasteiger partial charge is 0.257 e. The molecule has 0 saturated heterocycles. The first-order chi connectivity index (χ1) is 11.1. The highest BCUT2D eigenvalue weighted by Gasteiger charge is 2.19. The van der Waals surface area contributed by atoms with E-state index < -0.39 is 0 Å². The minimum Gasteiger partial charge on any atom is -0.472 e. The van der Waals surface area contributed by atoms with E-state index in [1.54, 1.807) is 18.1 Å². The second-order valence-electron chi connectivity index (χ2n) is 5.43. The van der Waals surface area contributed by atoms with Crippen molar-refractivity contribution in [3.8, 4) is 0 Å². The Labute approximate surface area is 138 Å². The Kier molecular flexibility index (Phi) is 9.05. The number of carbonyl (C=O) groups is 2. The van der Waals surface area contributed by atoms with E-state index >= 15 is 0 Å². The van der Waals surface area contributed by atoms with Gasteiger partial charge in [-0.05, 0) is 18.9 Å². The van der Waals surface area contributed by atoms with Crippen LogP contribution in [-0.4, -0.2) is 61.5 Å². The van der Waals surface area contributed by atoms with Crippen LogP contribution < -0.4 is 0 Å². The predicted molar refractivity (Wildman–Crippen MR) is 88.3 cm³/mol. The summed E-state index contributed by atoms with van der Waals surface area (Å²) in [5.74, 6) is -0.0442. The summed E-state index contributed by atoms with van der Waals surface area (Å²) in [4.78, 5) is 28.3. The Morgan fingerprint density at radius 1 is 1.09 bits per heavy atom. The molecule has 1 aromatic heterocycles. The average molecular weight is 324 g/mol. The topological polar surface area (TPSA) is 63.0 Å². The van der Waals surface area contributed by atoms with Crippen molar-refractivity contribution in [3.05, 3.63) is 24.2 Å². The maximum atomic E-state index is 12.4. The fourth-order valence-corrected chi connectivity index (χ4v) is 2.37. The highest BCUT2D eigenvalue weighted by atomic mass is 16.5. The van der Waals surface area contributed by atoms with Gasteiger partial charge in [-0.15, -0.1) is 0 Å². The molecule has 0 unspecified atom stereocenters. The molecule has 0 aromatic carbocycles. The minimum atomic E-state index is -0.138. The van der Waals surface area contributed by atoms with Gasteiger partial charge < -0.3 is 19.0 Å². The van der Waals surface area contributed by atoms with Crippen molar-refractivity contribution in [2.45, 2.75) is 33.1 Å². The van der Waals surface area contributed by atoms with Crippen molar-refractivity contribution in [2.24, 2.45) is 0 Å². The summed E-state index contributed by atoms with van der Waals surface area (Å²) in [6, 6.07) is 1.63. The number of hydrogen-bond donors (Lipinski definition) is 0. The van der Waals surface area contributed by atoms with Crippen LogP contribution >= 0.6 is 0 Å². The molecule has 6 heteroatoms. The molecule has 0 fully saturated rings. The van der Waals surface area contributed by atoms with Crippen molar-refractivity contribution < 1.29 is 18.7 Å². The Balaban J connectivity index is 2.62. The number of carbonyl (C=O) groups excluding carboxylic acids is 2. The maximum absolute atomic E-state index is 12.4. The molecule has 0 N–H and O–H groups in total. The molecule has 0 bridgehead atoms. The third-order valence-corrected chi connectivity index (χ3v) is 3.56. The zero-order valence-electron chi connectivity index (χ0n) is 14.4. The molecule has 0 radical (unpaired) electrons. The van der Waals surface area contributed by atoms with E-state index in [9.17, 15) is 9.59 Å². The third-order valence-electron chi connectivity index (χ3n) is 3.56. The standard InChI is InChI=1S/C17H28N2O4/c1-4-8-18(9-5-2)16(20)6-10-19(11-13-22-3)17(21)15-7-12-23-14-15/h7,12,14H,4-6,8-11,13H2,1-3H3. The van der Waals surface area contributed by atoms with Gasteiger partial charge in [0.15, 0.2) is 0 Å². The molecule has 0 spiro atoms. The molecule has 23 heavy (non-hydrogen) atoms. The lowest BCUT2D eigenvalue weighted by atomic mass is 10.2. The summed E-state index contributed by atoms with van der Waals surface area (Å²) in [5.41, 5.74) is 0.493. The SMILES string of the molecule is CCCN(CCC)C(=O)CCN(CCOC)C(=O)c1ccoc1. The van der Waals surface area contributed by atoms with Crippen LogP contribution in [0.15, 0.2) is 23.0 Å². The lowest BCUT2D eigenvalue weighted by molar-refractivity contribution is -0.131. The van der Waals surface area contributed by atoms with Crippen LogP contribution in [0.3, 0.4) is 0 Å². The minimum absolute atomic E-state index is 0.0936. The number of hydrogen-bond acceptors (Lipinski definition) is 4. The summed E-state index contributed by atoms with van der Waals surface area (Å²) >= 11 is 0. The van der Waals surface area contributed by atoms with Crippen molar-refractivity contribution in [1.82, 2.24) is 9.80 Å². The van der Waals surface area contributed by atoms with Gasteiger partial charge in [0.1, 0.15) is 6.26 Å². The van der Waals surface area contributed by atoms with E-state index in [0.29, 0.717) is 31.7 Å². The summed E-state index contributed by atoms with van der Waals surface area (Å²) in [6.45, 7) is 6.92. The van der Waals surface area contributed by atoms with Gasteiger partial charge >= 0.3 is 0 Å². The molecule has 0 atom stereocenters. The summed E-state index contributed by atoms with van der Waals surface area (Å²) in [7, 11) is 1.59. The number of nitrogens with zero attached hydrogens (tertiary/aromatic N) is 2. The first-order valence-corrected chi connectivity index (χ1v) is 8.22. The molecule has 0 aliphatic carbocycles.